The predicted molar refractivity (Wildman–Crippen MR) is 79.0 cm³/mol. The molecule has 104 valence electrons. The minimum absolute atomic E-state index is 0.767. The second-order valence-electron chi connectivity index (χ2n) is 5.90. The Kier molecular flexibility index (Phi) is 4.29. The molecule has 0 aromatic heterocycles. The third-order valence-electron chi connectivity index (χ3n) is 4.16. The Morgan fingerprint density at radius 3 is 2.63 bits per heavy atom. The van der Waals surface area contributed by atoms with Gasteiger partial charge in [0.15, 0.2) is 0 Å². The van der Waals surface area contributed by atoms with Gasteiger partial charge in [-0.1, -0.05) is 11.6 Å². The third kappa shape index (κ3) is 3.87. The van der Waals surface area contributed by atoms with Crippen molar-refractivity contribution in [1.82, 2.24) is 5.32 Å². The van der Waals surface area contributed by atoms with Gasteiger partial charge in [-0.2, -0.15) is 0 Å². The molecule has 0 bridgehead atoms. The summed E-state index contributed by atoms with van der Waals surface area (Å²) in [6.45, 7) is 3.16. The third-order valence-corrected chi connectivity index (χ3v) is 4.40. The number of hydrogen-bond acceptors (Lipinski definition) is 2. The minimum Gasteiger partial charge on any atom is -0.493 e. The van der Waals surface area contributed by atoms with Crippen molar-refractivity contribution < 1.29 is 4.74 Å². The van der Waals surface area contributed by atoms with Crippen LogP contribution in [-0.2, 0) is 6.42 Å². The van der Waals surface area contributed by atoms with Gasteiger partial charge in [-0.3, -0.25) is 0 Å². The highest BCUT2D eigenvalue weighted by Crippen LogP contribution is 2.32. The van der Waals surface area contributed by atoms with E-state index in [1.165, 1.54) is 31.2 Å². The molecule has 0 radical (unpaired) electrons. The van der Waals surface area contributed by atoms with Gasteiger partial charge in [-0.25, -0.2) is 0 Å². The van der Waals surface area contributed by atoms with E-state index in [-0.39, 0.29) is 0 Å². The molecule has 1 aliphatic carbocycles. The van der Waals surface area contributed by atoms with E-state index in [2.05, 4.69) is 11.4 Å². The summed E-state index contributed by atoms with van der Waals surface area (Å²) in [5.74, 6) is 2.61. The summed E-state index contributed by atoms with van der Waals surface area (Å²) in [4.78, 5) is 0. The molecule has 1 N–H and O–H groups in total. The maximum atomic E-state index is 6.14. The second-order valence-corrected chi connectivity index (χ2v) is 6.34. The first-order valence-corrected chi connectivity index (χ1v) is 7.81. The largest absolute Gasteiger partial charge is 0.493 e. The number of rotatable bonds is 5. The lowest BCUT2D eigenvalue weighted by Crippen LogP contribution is -2.28. The highest BCUT2D eigenvalue weighted by molar-refractivity contribution is 6.30. The summed E-state index contributed by atoms with van der Waals surface area (Å²) in [6.07, 6.45) is 6.28. The fourth-order valence-corrected chi connectivity index (χ4v) is 2.93. The lowest BCUT2D eigenvalue weighted by atomic mass is 9.90. The maximum absolute atomic E-state index is 6.14. The Labute approximate surface area is 120 Å². The van der Waals surface area contributed by atoms with Crippen molar-refractivity contribution in [1.29, 1.82) is 0 Å². The van der Waals surface area contributed by atoms with E-state index in [1.807, 2.05) is 12.1 Å². The molecule has 0 spiro atoms. The van der Waals surface area contributed by atoms with Gasteiger partial charge in [0, 0.05) is 5.02 Å². The Morgan fingerprint density at radius 2 is 1.89 bits per heavy atom. The lowest BCUT2D eigenvalue weighted by Gasteiger charge is -2.23. The zero-order valence-electron chi connectivity index (χ0n) is 11.3. The fourth-order valence-electron chi connectivity index (χ4n) is 2.74. The van der Waals surface area contributed by atoms with E-state index < -0.39 is 0 Å². The second kappa shape index (κ2) is 6.15. The number of halogens is 1. The monoisotopic (exact) mass is 279 g/mol. The molecule has 2 aliphatic rings. The van der Waals surface area contributed by atoms with Gasteiger partial charge >= 0.3 is 0 Å². The van der Waals surface area contributed by atoms with E-state index >= 15 is 0 Å². The normalized spacial score (nSPS) is 20.5. The van der Waals surface area contributed by atoms with Crippen molar-refractivity contribution in [2.75, 3.05) is 19.7 Å². The molecule has 2 fully saturated rings. The van der Waals surface area contributed by atoms with Gasteiger partial charge in [0.25, 0.3) is 0 Å². The zero-order valence-corrected chi connectivity index (χ0v) is 12.1. The van der Waals surface area contributed by atoms with Crippen molar-refractivity contribution >= 4 is 11.6 Å². The molecule has 1 heterocycles. The number of hydrogen-bond donors (Lipinski definition) is 1. The average Bonchev–Trinajstić information content (AvgIpc) is 3.23. The molecule has 3 rings (SSSR count). The Balaban J connectivity index is 1.67. The fraction of sp³-hybridized carbons (Fsp3) is 0.625. The number of ether oxygens (including phenoxy) is 1. The smallest absolute Gasteiger partial charge is 0.122 e. The van der Waals surface area contributed by atoms with Crippen LogP contribution < -0.4 is 10.1 Å². The first-order chi connectivity index (χ1) is 9.31. The Hall–Kier alpha value is -0.730. The highest BCUT2D eigenvalue weighted by Gasteiger charge is 2.23. The van der Waals surface area contributed by atoms with Crippen LogP contribution in [0.3, 0.4) is 0 Å². The summed E-state index contributed by atoms with van der Waals surface area (Å²) in [5.41, 5.74) is 1.29. The van der Waals surface area contributed by atoms with Crippen LogP contribution in [0.25, 0.3) is 0 Å². The standard InChI is InChI=1S/C16H22ClNO/c17-15-3-4-16(19-11-13-1-2-13)14(10-15)9-12-5-7-18-8-6-12/h3-4,10,12-13,18H,1-2,5-9,11H2. The van der Waals surface area contributed by atoms with E-state index in [9.17, 15) is 0 Å². The number of piperidine rings is 1. The predicted octanol–water partition coefficient (Wildman–Crippen LogP) is 3.67. The van der Waals surface area contributed by atoms with Crippen LogP contribution in [0.1, 0.15) is 31.2 Å². The van der Waals surface area contributed by atoms with Crippen molar-refractivity contribution in [3.8, 4) is 5.75 Å². The molecule has 3 heteroatoms. The van der Waals surface area contributed by atoms with Crippen molar-refractivity contribution in [3.63, 3.8) is 0 Å². The van der Waals surface area contributed by atoms with Crippen LogP contribution in [0.5, 0.6) is 5.75 Å². The Bertz CT molecular complexity index is 425. The first kappa shape index (κ1) is 13.3. The molecule has 1 aromatic rings. The van der Waals surface area contributed by atoms with Crippen molar-refractivity contribution in [2.24, 2.45) is 11.8 Å². The quantitative estimate of drug-likeness (QED) is 0.888. The van der Waals surface area contributed by atoms with Crippen LogP contribution in [0.15, 0.2) is 18.2 Å². The molecule has 0 amide bonds. The first-order valence-electron chi connectivity index (χ1n) is 7.43. The summed E-state index contributed by atoms with van der Waals surface area (Å²) in [5, 5.41) is 4.24. The maximum Gasteiger partial charge on any atom is 0.122 e. The molecule has 1 saturated carbocycles. The van der Waals surface area contributed by atoms with Gasteiger partial charge in [0.05, 0.1) is 6.61 Å². The number of benzene rings is 1. The zero-order chi connectivity index (χ0) is 13.1. The molecule has 0 unspecified atom stereocenters. The van der Waals surface area contributed by atoms with Crippen LogP contribution in [0.2, 0.25) is 5.02 Å². The Morgan fingerprint density at radius 1 is 1.11 bits per heavy atom. The van der Waals surface area contributed by atoms with Gasteiger partial charge in [-0.15, -0.1) is 0 Å². The van der Waals surface area contributed by atoms with E-state index in [0.717, 1.165) is 48.7 Å². The molecule has 2 nitrogen and oxygen atoms in total. The highest BCUT2D eigenvalue weighted by atomic mass is 35.5. The molecule has 19 heavy (non-hydrogen) atoms. The van der Waals surface area contributed by atoms with Gasteiger partial charge in [0.2, 0.25) is 0 Å². The van der Waals surface area contributed by atoms with Gasteiger partial charge < -0.3 is 10.1 Å². The van der Waals surface area contributed by atoms with Crippen LogP contribution >= 0.6 is 11.6 Å². The van der Waals surface area contributed by atoms with Crippen LogP contribution in [0.4, 0.5) is 0 Å². The molecule has 0 atom stereocenters. The van der Waals surface area contributed by atoms with E-state index in [1.54, 1.807) is 0 Å². The molecular weight excluding hydrogens is 258 g/mol. The summed E-state index contributed by atoms with van der Waals surface area (Å²) in [6, 6.07) is 6.07. The van der Waals surface area contributed by atoms with Gasteiger partial charge in [0.1, 0.15) is 5.75 Å². The summed E-state index contributed by atoms with van der Waals surface area (Å²) < 4.78 is 5.98. The van der Waals surface area contributed by atoms with Crippen LogP contribution in [-0.4, -0.2) is 19.7 Å². The topological polar surface area (TPSA) is 21.3 Å². The van der Waals surface area contributed by atoms with E-state index in [0.29, 0.717) is 0 Å². The molecule has 1 saturated heterocycles. The summed E-state index contributed by atoms with van der Waals surface area (Å²) >= 11 is 6.14. The van der Waals surface area contributed by atoms with E-state index in [4.69, 9.17) is 16.3 Å². The van der Waals surface area contributed by atoms with Gasteiger partial charge in [-0.05, 0) is 80.8 Å². The summed E-state index contributed by atoms with van der Waals surface area (Å²) in [7, 11) is 0. The lowest BCUT2D eigenvalue weighted by molar-refractivity contribution is 0.292. The van der Waals surface area contributed by atoms with Crippen molar-refractivity contribution in [3.05, 3.63) is 28.8 Å². The van der Waals surface area contributed by atoms with Crippen LogP contribution in [0, 0.1) is 11.8 Å². The SMILES string of the molecule is Clc1ccc(OCC2CC2)c(CC2CCNCC2)c1. The average molecular weight is 280 g/mol. The molecule has 1 aromatic carbocycles. The minimum atomic E-state index is 0.767. The molecule has 1 aliphatic heterocycles. The van der Waals surface area contributed by atoms with Crippen molar-refractivity contribution in [2.45, 2.75) is 32.1 Å². The number of nitrogens with one attached hydrogen (secondary N) is 1. The molecular formula is C16H22ClNO.